The number of aromatic amines is 2. The number of terminal acetylenes is 1. The first kappa shape index (κ1) is 21.8. The standard InChI is InChI=1S/C17H26N6O5/c1-2-12(14-20-13-15(21-14)22-17(19)23-16(13)24)11-28-10-9-27-8-7-26-6-5-25-4-3-18/h1,12H,3-11,18H2,(H4,19,20,21,22,23,24). The van der Waals surface area contributed by atoms with Crippen LogP contribution in [0.3, 0.4) is 0 Å². The third kappa shape index (κ3) is 6.91. The molecule has 0 aromatic carbocycles. The van der Waals surface area contributed by atoms with E-state index in [1.54, 1.807) is 0 Å². The van der Waals surface area contributed by atoms with Crippen molar-refractivity contribution in [3.05, 3.63) is 16.2 Å². The van der Waals surface area contributed by atoms with Gasteiger partial charge in [0.1, 0.15) is 11.7 Å². The minimum absolute atomic E-state index is 0.00623. The summed E-state index contributed by atoms with van der Waals surface area (Å²) in [5.41, 5.74) is 10.8. The summed E-state index contributed by atoms with van der Waals surface area (Å²) in [6, 6.07) is 0. The topological polar surface area (TPSA) is 163 Å². The first-order valence-electron chi connectivity index (χ1n) is 8.88. The highest BCUT2D eigenvalue weighted by molar-refractivity contribution is 5.70. The van der Waals surface area contributed by atoms with Crippen LogP contribution in [-0.2, 0) is 18.9 Å². The highest BCUT2D eigenvalue weighted by Gasteiger charge is 2.16. The molecule has 0 aliphatic rings. The maximum absolute atomic E-state index is 11.8. The molecule has 6 N–H and O–H groups in total. The molecule has 0 bridgehead atoms. The van der Waals surface area contributed by atoms with Crippen molar-refractivity contribution in [3.63, 3.8) is 0 Å². The van der Waals surface area contributed by atoms with Crippen molar-refractivity contribution in [2.24, 2.45) is 5.73 Å². The first-order chi connectivity index (χ1) is 13.7. The van der Waals surface area contributed by atoms with Crippen molar-refractivity contribution in [2.75, 3.05) is 65.1 Å². The van der Waals surface area contributed by atoms with E-state index in [0.29, 0.717) is 58.6 Å². The van der Waals surface area contributed by atoms with E-state index in [9.17, 15) is 4.79 Å². The van der Waals surface area contributed by atoms with Crippen molar-refractivity contribution < 1.29 is 18.9 Å². The molecule has 2 aromatic heterocycles. The fourth-order valence-corrected chi connectivity index (χ4v) is 2.26. The molecular weight excluding hydrogens is 368 g/mol. The zero-order chi connectivity index (χ0) is 20.2. The van der Waals surface area contributed by atoms with Gasteiger partial charge in [0, 0.05) is 6.54 Å². The summed E-state index contributed by atoms with van der Waals surface area (Å²) in [6.45, 7) is 3.98. The van der Waals surface area contributed by atoms with E-state index in [4.69, 9.17) is 36.8 Å². The van der Waals surface area contributed by atoms with E-state index in [-0.39, 0.29) is 23.7 Å². The second kappa shape index (κ2) is 12.1. The summed E-state index contributed by atoms with van der Waals surface area (Å²) < 4.78 is 21.4. The SMILES string of the molecule is C#CC(COCCOCCOCCOCCN)c1nc2nc(N)[nH]c(=O)c2[nH]1. The van der Waals surface area contributed by atoms with Gasteiger partial charge >= 0.3 is 0 Å². The Morgan fingerprint density at radius 2 is 1.57 bits per heavy atom. The lowest BCUT2D eigenvalue weighted by Gasteiger charge is -2.09. The molecule has 154 valence electrons. The van der Waals surface area contributed by atoms with Crippen molar-refractivity contribution in [1.29, 1.82) is 0 Å². The summed E-state index contributed by atoms with van der Waals surface area (Å²) in [4.78, 5) is 25.3. The zero-order valence-corrected chi connectivity index (χ0v) is 15.6. The number of hydrogen-bond acceptors (Lipinski definition) is 9. The lowest BCUT2D eigenvalue weighted by atomic mass is 10.1. The average molecular weight is 394 g/mol. The summed E-state index contributed by atoms with van der Waals surface area (Å²) in [6.07, 6.45) is 5.55. The van der Waals surface area contributed by atoms with Crippen molar-refractivity contribution in [3.8, 4) is 12.3 Å². The predicted molar refractivity (Wildman–Crippen MR) is 103 cm³/mol. The smallest absolute Gasteiger partial charge is 0.278 e. The van der Waals surface area contributed by atoms with E-state index in [1.807, 2.05) is 0 Å². The molecule has 2 heterocycles. The number of rotatable bonds is 14. The van der Waals surface area contributed by atoms with Crippen LogP contribution in [0.15, 0.2) is 4.79 Å². The number of ether oxygens (including phenoxy) is 4. The molecule has 0 radical (unpaired) electrons. The van der Waals surface area contributed by atoms with Crippen LogP contribution in [0.5, 0.6) is 0 Å². The molecule has 0 amide bonds. The summed E-state index contributed by atoms with van der Waals surface area (Å²) in [5.74, 6) is 2.55. The number of nitrogens with two attached hydrogens (primary N) is 2. The second-order valence-electron chi connectivity index (χ2n) is 5.69. The van der Waals surface area contributed by atoms with Gasteiger partial charge in [-0.2, -0.15) is 4.98 Å². The minimum Gasteiger partial charge on any atom is -0.378 e. The van der Waals surface area contributed by atoms with Crippen molar-refractivity contribution in [2.45, 2.75) is 5.92 Å². The van der Waals surface area contributed by atoms with Gasteiger partial charge in [-0.15, -0.1) is 6.42 Å². The highest BCUT2D eigenvalue weighted by atomic mass is 16.6. The number of hydrogen-bond donors (Lipinski definition) is 4. The Hall–Kier alpha value is -2.49. The summed E-state index contributed by atoms with van der Waals surface area (Å²) >= 11 is 0. The summed E-state index contributed by atoms with van der Waals surface area (Å²) in [7, 11) is 0. The molecule has 11 heteroatoms. The number of fused-ring (bicyclic) bond motifs is 1. The molecule has 0 aliphatic carbocycles. The average Bonchev–Trinajstić information content (AvgIpc) is 3.09. The third-order valence-electron chi connectivity index (χ3n) is 3.59. The fraction of sp³-hybridized carbons (Fsp3) is 0.588. The number of anilines is 1. The van der Waals surface area contributed by atoms with Crippen molar-refractivity contribution in [1.82, 2.24) is 19.9 Å². The van der Waals surface area contributed by atoms with Crippen LogP contribution in [0.2, 0.25) is 0 Å². The van der Waals surface area contributed by atoms with Gasteiger partial charge in [0.05, 0.1) is 52.9 Å². The van der Waals surface area contributed by atoms with Gasteiger partial charge in [-0.25, -0.2) is 4.98 Å². The maximum atomic E-state index is 11.8. The van der Waals surface area contributed by atoms with Crippen LogP contribution in [0.4, 0.5) is 5.95 Å². The Labute approximate surface area is 162 Å². The molecule has 2 rings (SSSR count). The molecule has 1 atom stereocenters. The number of nitrogen functional groups attached to an aromatic ring is 1. The Morgan fingerprint density at radius 3 is 2.18 bits per heavy atom. The predicted octanol–water partition coefficient (Wildman–Crippen LogP) is -1.03. The molecule has 0 fully saturated rings. The van der Waals surface area contributed by atoms with Gasteiger partial charge in [0.15, 0.2) is 11.2 Å². The number of nitrogens with zero attached hydrogens (tertiary/aromatic N) is 2. The zero-order valence-electron chi connectivity index (χ0n) is 15.6. The molecule has 0 saturated heterocycles. The molecule has 1 unspecified atom stereocenters. The van der Waals surface area contributed by atoms with Crippen LogP contribution in [0, 0.1) is 12.3 Å². The molecule has 0 spiro atoms. The Balaban J connectivity index is 1.62. The Kier molecular flexibility index (Phi) is 9.40. The van der Waals surface area contributed by atoms with Gasteiger partial charge in [0.2, 0.25) is 5.95 Å². The number of H-pyrrole nitrogens is 2. The normalized spacial score (nSPS) is 12.3. The van der Waals surface area contributed by atoms with Gasteiger partial charge in [-0.1, -0.05) is 5.92 Å². The summed E-state index contributed by atoms with van der Waals surface area (Å²) in [5, 5.41) is 0. The molecule has 28 heavy (non-hydrogen) atoms. The van der Waals surface area contributed by atoms with Gasteiger partial charge in [0.25, 0.3) is 5.56 Å². The van der Waals surface area contributed by atoms with E-state index in [0.717, 1.165) is 0 Å². The molecular formula is C17H26N6O5. The van der Waals surface area contributed by atoms with E-state index < -0.39 is 11.5 Å². The number of imidazole rings is 1. The molecule has 0 saturated carbocycles. The van der Waals surface area contributed by atoms with E-state index >= 15 is 0 Å². The van der Waals surface area contributed by atoms with Crippen LogP contribution in [0.25, 0.3) is 11.2 Å². The van der Waals surface area contributed by atoms with Crippen LogP contribution in [0.1, 0.15) is 11.7 Å². The number of aromatic nitrogens is 4. The van der Waals surface area contributed by atoms with Gasteiger partial charge < -0.3 is 35.4 Å². The monoisotopic (exact) mass is 394 g/mol. The number of nitrogens with one attached hydrogen (secondary N) is 2. The lowest BCUT2D eigenvalue weighted by molar-refractivity contribution is -0.00152. The van der Waals surface area contributed by atoms with Crippen LogP contribution >= 0.6 is 0 Å². The first-order valence-corrected chi connectivity index (χ1v) is 8.88. The second-order valence-corrected chi connectivity index (χ2v) is 5.69. The molecule has 2 aromatic rings. The quantitative estimate of drug-likeness (QED) is 0.232. The Morgan fingerprint density at radius 1 is 0.964 bits per heavy atom. The minimum atomic E-state index is -0.452. The highest BCUT2D eigenvalue weighted by Crippen LogP contribution is 2.14. The molecule has 0 aliphatic heterocycles. The largest absolute Gasteiger partial charge is 0.378 e. The Bertz CT molecular complexity index is 814. The third-order valence-corrected chi connectivity index (χ3v) is 3.59. The fourth-order valence-electron chi connectivity index (χ4n) is 2.26. The van der Waals surface area contributed by atoms with Gasteiger partial charge in [-0.05, 0) is 0 Å². The van der Waals surface area contributed by atoms with E-state index in [2.05, 4.69) is 25.9 Å². The van der Waals surface area contributed by atoms with Crippen LogP contribution < -0.4 is 17.0 Å². The van der Waals surface area contributed by atoms with Crippen molar-refractivity contribution >= 4 is 17.1 Å². The van der Waals surface area contributed by atoms with Crippen LogP contribution in [-0.4, -0.2) is 79.3 Å². The lowest BCUT2D eigenvalue weighted by Crippen LogP contribution is -2.15. The van der Waals surface area contributed by atoms with E-state index in [1.165, 1.54) is 0 Å². The molecule has 11 nitrogen and oxygen atoms in total. The van der Waals surface area contributed by atoms with Gasteiger partial charge in [-0.3, -0.25) is 9.78 Å². The maximum Gasteiger partial charge on any atom is 0.278 e.